The molecule has 18 heavy (non-hydrogen) atoms. The maximum absolute atomic E-state index is 11.6. The van der Waals surface area contributed by atoms with E-state index in [0.717, 1.165) is 5.56 Å². The zero-order valence-corrected chi connectivity index (χ0v) is 9.74. The van der Waals surface area contributed by atoms with Crippen molar-refractivity contribution in [2.45, 2.75) is 18.5 Å². The van der Waals surface area contributed by atoms with Crippen molar-refractivity contribution in [2.24, 2.45) is 5.73 Å². The highest BCUT2D eigenvalue weighted by Crippen LogP contribution is 2.02. The van der Waals surface area contributed by atoms with Crippen molar-refractivity contribution in [3.8, 4) is 0 Å². The number of carboxylic acid groups (broad SMARTS) is 1. The van der Waals surface area contributed by atoms with Gasteiger partial charge in [0.1, 0.15) is 6.04 Å². The Morgan fingerprint density at radius 2 is 1.89 bits per heavy atom. The average molecular weight is 252 g/mol. The van der Waals surface area contributed by atoms with Crippen molar-refractivity contribution in [3.05, 3.63) is 35.9 Å². The minimum absolute atomic E-state index is 0.310. The SMILES string of the molecule is N[C@H](Cc1ccccc1)C(=O)N[C@@H](CO)C(=O)O. The topological polar surface area (TPSA) is 113 Å². The molecule has 0 radical (unpaired) electrons. The van der Waals surface area contributed by atoms with Crippen LogP contribution in [-0.4, -0.2) is 40.8 Å². The summed E-state index contributed by atoms with van der Waals surface area (Å²) in [6.45, 7) is -0.668. The van der Waals surface area contributed by atoms with E-state index in [0.29, 0.717) is 6.42 Å². The molecule has 6 heteroatoms. The zero-order valence-electron chi connectivity index (χ0n) is 9.74. The molecular formula is C12H16N2O4. The molecule has 1 amide bonds. The van der Waals surface area contributed by atoms with E-state index >= 15 is 0 Å². The highest BCUT2D eigenvalue weighted by atomic mass is 16.4. The Balaban J connectivity index is 2.54. The number of nitrogens with two attached hydrogens (primary N) is 1. The fourth-order valence-electron chi connectivity index (χ4n) is 1.42. The van der Waals surface area contributed by atoms with E-state index in [1.807, 2.05) is 30.3 Å². The molecule has 0 unspecified atom stereocenters. The summed E-state index contributed by atoms with van der Waals surface area (Å²) in [7, 11) is 0. The third kappa shape index (κ3) is 4.15. The van der Waals surface area contributed by atoms with Gasteiger partial charge in [0.25, 0.3) is 0 Å². The van der Waals surface area contributed by atoms with Crippen LogP contribution >= 0.6 is 0 Å². The Bertz CT molecular complexity index is 408. The minimum atomic E-state index is -1.32. The predicted octanol–water partition coefficient (Wildman–Crippen LogP) is -0.882. The third-order valence-corrected chi connectivity index (χ3v) is 2.43. The Kier molecular flexibility index (Phi) is 5.29. The van der Waals surface area contributed by atoms with Crippen LogP contribution in [0.15, 0.2) is 30.3 Å². The van der Waals surface area contributed by atoms with E-state index in [1.165, 1.54) is 0 Å². The van der Waals surface area contributed by atoms with Gasteiger partial charge in [0.2, 0.25) is 5.91 Å². The molecule has 0 fully saturated rings. The van der Waals surface area contributed by atoms with Gasteiger partial charge in [-0.25, -0.2) is 4.79 Å². The number of rotatable bonds is 6. The lowest BCUT2D eigenvalue weighted by molar-refractivity contribution is -0.143. The highest BCUT2D eigenvalue weighted by molar-refractivity contribution is 5.87. The molecule has 0 aliphatic heterocycles. The summed E-state index contributed by atoms with van der Waals surface area (Å²) < 4.78 is 0. The number of hydrogen-bond donors (Lipinski definition) is 4. The van der Waals surface area contributed by atoms with E-state index < -0.39 is 30.6 Å². The maximum Gasteiger partial charge on any atom is 0.328 e. The third-order valence-electron chi connectivity index (χ3n) is 2.43. The lowest BCUT2D eigenvalue weighted by atomic mass is 10.1. The van der Waals surface area contributed by atoms with E-state index in [4.69, 9.17) is 15.9 Å². The summed E-state index contributed by atoms with van der Waals surface area (Å²) in [5, 5.41) is 19.6. The first-order valence-corrected chi connectivity index (χ1v) is 5.48. The second kappa shape index (κ2) is 6.73. The fraction of sp³-hybridized carbons (Fsp3) is 0.333. The van der Waals surface area contributed by atoms with Gasteiger partial charge >= 0.3 is 5.97 Å². The summed E-state index contributed by atoms with van der Waals surface area (Å²) in [5.41, 5.74) is 6.55. The molecule has 2 atom stereocenters. The lowest BCUT2D eigenvalue weighted by Gasteiger charge is -2.16. The summed E-state index contributed by atoms with van der Waals surface area (Å²) >= 11 is 0. The van der Waals surface area contributed by atoms with Crippen molar-refractivity contribution in [1.82, 2.24) is 5.32 Å². The number of aliphatic hydroxyl groups excluding tert-OH is 1. The van der Waals surface area contributed by atoms with E-state index in [1.54, 1.807) is 0 Å². The van der Waals surface area contributed by atoms with Crippen LogP contribution < -0.4 is 11.1 Å². The normalized spacial score (nSPS) is 13.7. The molecule has 0 spiro atoms. The van der Waals surface area contributed by atoms with Gasteiger partial charge in [-0.3, -0.25) is 4.79 Å². The first-order valence-electron chi connectivity index (χ1n) is 5.48. The van der Waals surface area contributed by atoms with Crippen molar-refractivity contribution in [2.75, 3.05) is 6.61 Å². The van der Waals surface area contributed by atoms with Crippen LogP contribution in [0.3, 0.4) is 0 Å². The van der Waals surface area contributed by atoms with Crippen molar-refractivity contribution in [3.63, 3.8) is 0 Å². The summed E-state index contributed by atoms with van der Waals surface area (Å²) in [5.74, 6) is -1.89. The van der Waals surface area contributed by atoms with Gasteiger partial charge in [-0.05, 0) is 12.0 Å². The van der Waals surface area contributed by atoms with Gasteiger partial charge in [-0.1, -0.05) is 30.3 Å². The quantitative estimate of drug-likeness (QED) is 0.525. The molecule has 0 saturated carbocycles. The summed E-state index contributed by atoms with van der Waals surface area (Å²) in [6.07, 6.45) is 0.310. The molecule has 98 valence electrons. The molecule has 0 heterocycles. The monoisotopic (exact) mass is 252 g/mol. The lowest BCUT2D eigenvalue weighted by Crippen LogP contribution is -2.50. The fourth-order valence-corrected chi connectivity index (χ4v) is 1.42. The molecule has 6 nitrogen and oxygen atoms in total. The molecule has 1 aromatic rings. The number of aliphatic carboxylic acids is 1. The first-order chi connectivity index (χ1) is 8.54. The van der Waals surface area contributed by atoms with Crippen LogP contribution in [0.25, 0.3) is 0 Å². The number of amides is 1. The van der Waals surface area contributed by atoms with E-state index in [9.17, 15) is 9.59 Å². The number of benzene rings is 1. The number of carbonyl (C=O) groups excluding carboxylic acids is 1. The molecule has 5 N–H and O–H groups in total. The van der Waals surface area contributed by atoms with Crippen LogP contribution in [-0.2, 0) is 16.0 Å². The highest BCUT2D eigenvalue weighted by Gasteiger charge is 2.22. The molecule has 0 aliphatic carbocycles. The molecule has 0 saturated heterocycles. The number of carboxylic acids is 1. The second-order valence-corrected chi connectivity index (χ2v) is 3.88. The van der Waals surface area contributed by atoms with Crippen molar-refractivity contribution >= 4 is 11.9 Å². The summed E-state index contributed by atoms with van der Waals surface area (Å²) in [6, 6.07) is 6.99. The van der Waals surface area contributed by atoms with Crippen LogP contribution in [0.5, 0.6) is 0 Å². The Labute approximate surface area is 104 Å². The molecule has 1 aromatic carbocycles. The standard InChI is InChI=1S/C12H16N2O4/c13-9(6-8-4-2-1-3-5-8)11(16)14-10(7-15)12(17)18/h1-5,9-10,15H,6-7,13H2,(H,14,16)(H,17,18)/t9-,10+/m1/s1. The van der Waals surface area contributed by atoms with Gasteiger partial charge in [0.15, 0.2) is 0 Å². The van der Waals surface area contributed by atoms with Gasteiger partial charge < -0.3 is 21.3 Å². The van der Waals surface area contributed by atoms with Gasteiger partial charge in [0.05, 0.1) is 12.6 Å². The molecule has 0 aromatic heterocycles. The van der Waals surface area contributed by atoms with Crippen LogP contribution in [0.2, 0.25) is 0 Å². The largest absolute Gasteiger partial charge is 0.480 e. The number of carbonyl (C=O) groups is 2. The van der Waals surface area contributed by atoms with E-state index in [-0.39, 0.29) is 0 Å². The maximum atomic E-state index is 11.6. The smallest absolute Gasteiger partial charge is 0.328 e. The Hall–Kier alpha value is -1.92. The van der Waals surface area contributed by atoms with Gasteiger partial charge in [0, 0.05) is 0 Å². The molecule has 0 bridgehead atoms. The zero-order chi connectivity index (χ0) is 13.5. The minimum Gasteiger partial charge on any atom is -0.480 e. The second-order valence-electron chi connectivity index (χ2n) is 3.88. The van der Waals surface area contributed by atoms with Crippen LogP contribution in [0, 0.1) is 0 Å². The van der Waals surface area contributed by atoms with Crippen LogP contribution in [0.1, 0.15) is 5.56 Å². The van der Waals surface area contributed by atoms with Gasteiger partial charge in [-0.2, -0.15) is 0 Å². The van der Waals surface area contributed by atoms with E-state index in [2.05, 4.69) is 5.32 Å². The van der Waals surface area contributed by atoms with Gasteiger partial charge in [-0.15, -0.1) is 0 Å². The molecule has 0 aliphatic rings. The first kappa shape index (κ1) is 14.1. The summed E-state index contributed by atoms with van der Waals surface area (Å²) in [4.78, 5) is 22.2. The van der Waals surface area contributed by atoms with Crippen molar-refractivity contribution < 1.29 is 19.8 Å². The number of aliphatic hydroxyl groups is 1. The average Bonchev–Trinajstić information content (AvgIpc) is 2.36. The number of nitrogens with one attached hydrogen (secondary N) is 1. The molecular weight excluding hydrogens is 236 g/mol. The Morgan fingerprint density at radius 1 is 1.28 bits per heavy atom. The Morgan fingerprint density at radius 3 is 2.39 bits per heavy atom. The van der Waals surface area contributed by atoms with Crippen LogP contribution in [0.4, 0.5) is 0 Å². The molecule has 1 rings (SSSR count). The van der Waals surface area contributed by atoms with Crippen molar-refractivity contribution in [1.29, 1.82) is 0 Å². The number of hydrogen-bond acceptors (Lipinski definition) is 4. The predicted molar refractivity (Wildman–Crippen MR) is 64.8 cm³/mol.